The van der Waals surface area contributed by atoms with E-state index in [1.807, 2.05) is 30.3 Å². The summed E-state index contributed by atoms with van der Waals surface area (Å²) in [7, 11) is -2.18. The van der Waals surface area contributed by atoms with Gasteiger partial charge in [0.25, 0.3) is 0 Å². The second-order valence-corrected chi connectivity index (χ2v) is 9.44. The number of ether oxygens (including phenoxy) is 2. The van der Waals surface area contributed by atoms with E-state index in [4.69, 9.17) is 9.47 Å². The van der Waals surface area contributed by atoms with E-state index < -0.39 is 10.0 Å². The summed E-state index contributed by atoms with van der Waals surface area (Å²) in [6.45, 7) is 1.37. The molecule has 0 radical (unpaired) electrons. The van der Waals surface area contributed by atoms with Gasteiger partial charge in [-0.15, -0.1) is 11.8 Å². The highest BCUT2D eigenvalue weighted by molar-refractivity contribution is 7.99. The first kappa shape index (κ1) is 21.6. The molecule has 1 fully saturated rings. The molecule has 7 nitrogen and oxygen atoms in total. The largest absolute Gasteiger partial charge is 0.495 e. The van der Waals surface area contributed by atoms with Crippen LogP contribution < -0.4 is 10.1 Å². The molecule has 0 saturated carbocycles. The maximum Gasteiger partial charge on any atom is 0.243 e. The Kier molecular flexibility index (Phi) is 7.54. The topological polar surface area (TPSA) is 84.9 Å². The predicted octanol–water partition coefficient (Wildman–Crippen LogP) is 2.84. The number of carbonyl (C=O) groups is 1. The average molecular weight is 437 g/mol. The van der Waals surface area contributed by atoms with Crippen LogP contribution in [0.15, 0.2) is 58.3 Å². The number of hydrogen-bond donors (Lipinski definition) is 1. The molecule has 3 rings (SSSR count). The first-order chi connectivity index (χ1) is 14.0. The number of thioether (sulfide) groups is 1. The molecule has 1 aliphatic rings. The molecule has 1 aliphatic heterocycles. The second-order valence-electron chi connectivity index (χ2n) is 6.34. The van der Waals surface area contributed by atoms with Crippen molar-refractivity contribution in [2.45, 2.75) is 16.2 Å². The van der Waals surface area contributed by atoms with Gasteiger partial charge in [0, 0.05) is 30.2 Å². The van der Waals surface area contributed by atoms with Crippen LogP contribution in [0.25, 0.3) is 0 Å². The molecular weight excluding hydrogens is 412 g/mol. The minimum absolute atomic E-state index is 0.120. The van der Waals surface area contributed by atoms with E-state index in [-0.39, 0.29) is 10.8 Å². The highest BCUT2D eigenvalue weighted by Crippen LogP contribution is 2.29. The summed E-state index contributed by atoms with van der Waals surface area (Å²) in [6, 6.07) is 14.3. The minimum atomic E-state index is -3.66. The van der Waals surface area contributed by atoms with Gasteiger partial charge in [0.15, 0.2) is 0 Å². The van der Waals surface area contributed by atoms with Crippen molar-refractivity contribution < 1.29 is 22.7 Å². The summed E-state index contributed by atoms with van der Waals surface area (Å²) < 4.78 is 37.6. The van der Waals surface area contributed by atoms with E-state index in [9.17, 15) is 13.2 Å². The molecule has 2 aromatic carbocycles. The van der Waals surface area contributed by atoms with Gasteiger partial charge >= 0.3 is 0 Å². The lowest BCUT2D eigenvalue weighted by atomic mass is 10.3. The van der Waals surface area contributed by atoms with Crippen molar-refractivity contribution in [1.82, 2.24) is 4.31 Å². The molecule has 1 amide bonds. The monoisotopic (exact) mass is 436 g/mol. The Morgan fingerprint density at radius 1 is 1.17 bits per heavy atom. The molecule has 0 aliphatic carbocycles. The van der Waals surface area contributed by atoms with Gasteiger partial charge in [0.1, 0.15) is 5.75 Å². The third kappa shape index (κ3) is 5.72. The van der Waals surface area contributed by atoms with Crippen molar-refractivity contribution in [1.29, 1.82) is 0 Å². The maximum absolute atomic E-state index is 12.9. The molecule has 1 heterocycles. The molecule has 0 unspecified atom stereocenters. The molecule has 29 heavy (non-hydrogen) atoms. The highest BCUT2D eigenvalue weighted by atomic mass is 32.2. The van der Waals surface area contributed by atoms with Gasteiger partial charge in [0.05, 0.1) is 30.9 Å². The number of morpholine rings is 1. The Labute approximate surface area is 175 Å². The van der Waals surface area contributed by atoms with Crippen molar-refractivity contribution in [2.24, 2.45) is 0 Å². The van der Waals surface area contributed by atoms with E-state index in [1.165, 1.54) is 23.5 Å². The number of nitrogens with one attached hydrogen (secondary N) is 1. The minimum Gasteiger partial charge on any atom is -0.495 e. The summed E-state index contributed by atoms with van der Waals surface area (Å²) in [4.78, 5) is 13.6. The molecule has 9 heteroatoms. The first-order valence-electron chi connectivity index (χ1n) is 9.24. The fraction of sp³-hybridized carbons (Fsp3) is 0.350. The van der Waals surface area contributed by atoms with E-state index >= 15 is 0 Å². The molecule has 0 atom stereocenters. The van der Waals surface area contributed by atoms with Crippen LogP contribution in [-0.4, -0.2) is 57.8 Å². The van der Waals surface area contributed by atoms with Crippen molar-refractivity contribution in [2.75, 3.05) is 44.5 Å². The van der Waals surface area contributed by atoms with Crippen molar-refractivity contribution in [3.8, 4) is 5.75 Å². The summed E-state index contributed by atoms with van der Waals surface area (Å²) in [5.41, 5.74) is 0.344. The van der Waals surface area contributed by atoms with Gasteiger partial charge in [0.2, 0.25) is 15.9 Å². The van der Waals surface area contributed by atoms with Crippen molar-refractivity contribution in [3.63, 3.8) is 0 Å². The van der Waals surface area contributed by atoms with Gasteiger partial charge in [-0.3, -0.25) is 4.79 Å². The number of nitrogens with zero attached hydrogens (tertiary/aromatic N) is 1. The maximum atomic E-state index is 12.9. The number of amides is 1. The fourth-order valence-corrected chi connectivity index (χ4v) is 5.18. The summed E-state index contributed by atoms with van der Waals surface area (Å²) in [5.74, 6) is 0.826. The van der Waals surface area contributed by atoms with Gasteiger partial charge in [-0.1, -0.05) is 18.2 Å². The molecule has 0 aromatic heterocycles. The average Bonchev–Trinajstić information content (AvgIpc) is 2.75. The van der Waals surface area contributed by atoms with Crippen LogP contribution in [0, 0.1) is 0 Å². The molecule has 2 aromatic rings. The lowest BCUT2D eigenvalue weighted by Gasteiger charge is -2.26. The van der Waals surface area contributed by atoms with Crippen LogP contribution in [0.4, 0.5) is 5.69 Å². The van der Waals surface area contributed by atoms with Crippen LogP contribution in [0.2, 0.25) is 0 Å². The zero-order valence-electron chi connectivity index (χ0n) is 16.2. The molecule has 156 valence electrons. The SMILES string of the molecule is COc1ccc(S(=O)(=O)N2CCOCC2)cc1NC(=O)CCSc1ccccc1. The van der Waals surface area contributed by atoms with Gasteiger partial charge in [-0.05, 0) is 30.3 Å². The molecular formula is C20H24N2O5S2. The lowest BCUT2D eigenvalue weighted by molar-refractivity contribution is -0.115. The Balaban J connectivity index is 1.67. The van der Waals surface area contributed by atoms with Gasteiger partial charge in [-0.25, -0.2) is 8.42 Å². The molecule has 0 spiro atoms. The van der Waals surface area contributed by atoms with Crippen LogP contribution in [0.5, 0.6) is 5.75 Å². The van der Waals surface area contributed by atoms with Gasteiger partial charge < -0.3 is 14.8 Å². The molecule has 1 saturated heterocycles. The number of sulfonamides is 1. The number of benzene rings is 2. The molecule has 0 bridgehead atoms. The standard InChI is InChI=1S/C20H24N2O5S2/c1-26-19-8-7-17(29(24,25)22-10-12-27-13-11-22)15-18(19)21-20(23)9-14-28-16-5-3-2-4-6-16/h2-8,15H,9-14H2,1H3,(H,21,23). The molecule has 1 N–H and O–H groups in total. The number of methoxy groups -OCH3 is 1. The van der Waals surface area contributed by atoms with Crippen molar-refractivity contribution >= 4 is 33.4 Å². The Hall–Kier alpha value is -2.07. The number of carbonyl (C=O) groups excluding carboxylic acids is 1. The van der Waals surface area contributed by atoms with E-state index in [0.717, 1.165) is 4.90 Å². The first-order valence-corrected chi connectivity index (χ1v) is 11.7. The number of hydrogen-bond acceptors (Lipinski definition) is 6. The van der Waals surface area contributed by atoms with Crippen LogP contribution >= 0.6 is 11.8 Å². The van der Waals surface area contributed by atoms with Crippen molar-refractivity contribution in [3.05, 3.63) is 48.5 Å². The van der Waals surface area contributed by atoms with E-state index in [2.05, 4.69) is 5.32 Å². The zero-order valence-corrected chi connectivity index (χ0v) is 17.8. The Bertz CT molecular complexity index is 929. The summed E-state index contributed by atoms with van der Waals surface area (Å²) >= 11 is 1.59. The van der Waals surface area contributed by atoms with Crippen LogP contribution in [-0.2, 0) is 19.6 Å². The number of anilines is 1. The zero-order chi connectivity index (χ0) is 20.7. The Morgan fingerprint density at radius 3 is 2.59 bits per heavy atom. The third-order valence-corrected chi connectivity index (χ3v) is 7.30. The van der Waals surface area contributed by atoms with E-state index in [0.29, 0.717) is 49.9 Å². The van der Waals surface area contributed by atoms with Gasteiger partial charge in [-0.2, -0.15) is 4.31 Å². The fourth-order valence-electron chi connectivity index (χ4n) is 2.87. The predicted molar refractivity (Wildman–Crippen MR) is 113 cm³/mol. The van der Waals surface area contributed by atoms with Crippen LogP contribution in [0.3, 0.4) is 0 Å². The number of rotatable bonds is 8. The lowest BCUT2D eigenvalue weighted by Crippen LogP contribution is -2.40. The smallest absolute Gasteiger partial charge is 0.243 e. The summed E-state index contributed by atoms with van der Waals surface area (Å²) in [6.07, 6.45) is 0.295. The summed E-state index contributed by atoms with van der Waals surface area (Å²) in [5, 5.41) is 2.78. The van der Waals surface area contributed by atoms with Crippen LogP contribution in [0.1, 0.15) is 6.42 Å². The highest BCUT2D eigenvalue weighted by Gasteiger charge is 2.27. The van der Waals surface area contributed by atoms with E-state index in [1.54, 1.807) is 17.8 Å². The quantitative estimate of drug-likeness (QED) is 0.641. The third-order valence-electron chi connectivity index (χ3n) is 4.39. The second kappa shape index (κ2) is 10.1. The Morgan fingerprint density at radius 2 is 1.90 bits per heavy atom. The normalized spacial score (nSPS) is 15.1.